The van der Waals surface area contributed by atoms with E-state index in [1.165, 1.54) is 7.11 Å². The fraction of sp³-hybridized carbons (Fsp3) is 0.500. The van der Waals surface area contributed by atoms with Crippen molar-refractivity contribution in [1.82, 2.24) is 25.1 Å². The normalized spacial score (nSPS) is 20.5. The van der Waals surface area contributed by atoms with Crippen LogP contribution in [-0.4, -0.2) is 62.5 Å². The first-order chi connectivity index (χ1) is 11.7. The molecule has 2 heterocycles. The molecule has 0 spiro atoms. The number of hydrogen-bond acceptors (Lipinski definition) is 6. The van der Waals surface area contributed by atoms with Gasteiger partial charge in [-0.15, -0.1) is 5.10 Å². The maximum Gasteiger partial charge on any atom is 0.249 e. The maximum absolute atomic E-state index is 12.4. The number of benzene rings is 1. The molecule has 3 rings (SSSR count). The van der Waals surface area contributed by atoms with Gasteiger partial charge in [0.1, 0.15) is 6.61 Å². The number of likely N-dealkylation sites (tertiary alicyclic amines) is 1. The van der Waals surface area contributed by atoms with Crippen LogP contribution in [0.2, 0.25) is 0 Å². The van der Waals surface area contributed by atoms with Gasteiger partial charge in [0.15, 0.2) is 5.82 Å². The zero-order valence-corrected chi connectivity index (χ0v) is 13.6. The third-order valence-corrected chi connectivity index (χ3v) is 4.30. The van der Waals surface area contributed by atoms with Crippen LogP contribution in [0.4, 0.5) is 0 Å². The number of aromatic nitrogens is 4. The monoisotopic (exact) mass is 331 g/mol. The summed E-state index contributed by atoms with van der Waals surface area (Å²) in [4.78, 5) is 14.1. The largest absolute Gasteiger partial charge is 0.394 e. The van der Waals surface area contributed by atoms with E-state index < -0.39 is 0 Å². The molecule has 128 valence electrons. The quantitative estimate of drug-likeness (QED) is 0.823. The molecule has 1 saturated heterocycles. The molecule has 8 heteroatoms. The molecular weight excluding hydrogens is 310 g/mol. The van der Waals surface area contributed by atoms with Crippen LogP contribution < -0.4 is 0 Å². The van der Waals surface area contributed by atoms with Crippen molar-refractivity contribution in [3.05, 3.63) is 41.7 Å². The minimum Gasteiger partial charge on any atom is -0.394 e. The molecular formula is C16H21N5O3. The lowest BCUT2D eigenvalue weighted by Crippen LogP contribution is -2.42. The summed E-state index contributed by atoms with van der Waals surface area (Å²) in [5, 5.41) is 21.6. The zero-order valence-electron chi connectivity index (χ0n) is 13.6. The van der Waals surface area contributed by atoms with E-state index in [0.717, 1.165) is 18.4 Å². The number of aliphatic hydroxyl groups is 1. The predicted octanol–water partition coefficient (Wildman–Crippen LogP) is 0.392. The van der Waals surface area contributed by atoms with Gasteiger partial charge in [0.25, 0.3) is 0 Å². The molecule has 1 aliphatic heterocycles. The lowest BCUT2D eigenvalue weighted by atomic mass is 10.2. The predicted molar refractivity (Wildman–Crippen MR) is 84.9 cm³/mol. The van der Waals surface area contributed by atoms with Crippen LogP contribution in [0.25, 0.3) is 0 Å². The number of carbonyl (C=O) groups excluding carboxylic acids is 1. The molecule has 0 bridgehead atoms. The van der Waals surface area contributed by atoms with E-state index in [9.17, 15) is 9.90 Å². The molecule has 1 aromatic carbocycles. The highest BCUT2D eigenvalue weighted by atomic mass is 16.5. The summed E-state index contributed by atoms with van der Waals surface area (Å²) in [6, 6.07) is 9.42. The van der Waals surface area contributed by atoms with Gasteiger partial charge >= 0.3 is 0 Å². The molecule has 8 nitrogen and oxygen atoms in total. The van der Waals surface area contributed by atoms with E-state index in [-0.39, 0.29) is 31.2 Å². The Morgan fingerprint density at radius 1 is 1.33 bits per heavy atom. The minimum atomic E-state index is -0.247. The summed E-state index contributed by atoms with van der Waals surface area (Å²) in [6.45, 7) is 0.440. The van der Waals surface area contributed by atoms with Crippen molar-refractivity contribution >= 4 is 5.91 Å². The van der Waals surface area contributed by atoms with E-state index in [2.05, 4.69) is 15.5 Å². The number of ether oxygens (including phenoxy) is 1. The van der Waals surface area contributed by atoms with Crippen LogP contribution in [0, 0.1) is 0 Å². The van der Waals surface area contributed by atoms with Crippen LogP contribution in [0.3, 0.4) is 0 Å². The fourth-order valence-electron chi connectivity index (χ4n) is 3.21. The molecule has 1 aromatic heterocycles. The van der Waals surface area contributed by atoms with Gasteiger partial charge in [-0.25, -0.2) is 4.68 Å². The van der Waals surface area contributed by atoms with E-state index in [4.69, 9.17) is 4.74 Å². The molecule has 1 amide bonds. The first kappa shape index (κ1) is 16.5. The van der Waals surface area contributed by atoms with Crippen LogP contribution in [-0.2, 0) is 16.1 Å². The molecule has 2 atom stereocenters. The molecule has 0 aliphatic carbocycles. The molecule has 1 aliphatic rings. The number of hydrogen-bond donors (Lipinski definition) is 1. The first-order valence-electron chi connectivity index (χ1n) is 7.95. The Balaban J connectivity index is 1.85. The third kappa shape index (κ3) is 3.29. The van der Waals surface area contributed by atoms with Crippen molar-refractivity contribution in [3.8, 4) is 0 Å². The number of amides is 1. The minimum absolute atomic E-state index is 0.0206. The van der Waals surface area contributed by atoms with Gasteiger partial charge in [-0.2, -0.15) is 0 Å². The van der Waals surface area contributed by atoms with Crippen LogP contribution in [0.15, 0.2) is 30.3 Å². The lowest BCUT2D eigenvalue weighted by Gasteiger charge is -2.28. The van der Waals surface area contributed by atoms with Gasteiger partial charge in [0.2, 0.25) is 5.91 Å². The second kappa shape index (κ2) is 7.50. The molecule has 0 saturated carbocycles. The Morgan fingerprint density at radius 2 is 2.12 bits per heavy atom. The number of aliphatic hydroxyl groups excluding tert-OH is 1. The molecule has 2 aromatic rings. The Morgan fingerprint density at radius 3 is 2.83 bits per heavy atom. The van der Waals surface area contributed by atoms with Crippen LogP contribution in [0.5, 0.6) is 0 Å². The Hall–Kier alpha value is -2.32. The van der Waals surface area contributed by atoms with E-state index in [1.807, 2.05) is 30.3 Å². The zero-order chi connectivity index (χ0) is 16.9. The molecule has 0 unspecified atom stereocenters. The highest BCUT2D eigenvalue weighted by Crippen LogP contribution is 2.35. The van der Waals surface area contributed by atoms with Gasteiger partial charge < -0.3 is 14.7 Å². The number of methoxy groups -OCH3 is 1. The van der Waals surface area contributed by atoms with Crippen molar-refractivity contribution in [2.75, 3.05) is 20.3 Å². The summed E-state index contributed by atoms with van der Waals surface area (Å²) in [7, 11) is 1.48. The van der Waals surface area contributed by atoms with Gasteiger partial charge in [-0.05, 0) is 28.8 Å². The maximum atomic E-state index is 12.4. The smallest absolute Gasteiger partial charge is 0.249 e. The van der Waals surface area contributed by atoms with Crippen LogP contribution in [0.1, 0.15) is 30.3 Å². The van der Waals surface area contributed by atoms with Gasteiger partial charge in [0, 0.05) is 7.11 Å². The number of carbonyl (C=O) groups is 1. The Kier molecular flexibility index (Phi) is 5.17. The number of nitrogens with zero attached hydrogens (tertiary/aromatic N) is 5. The van der Waals surface area contributed by atoms with Crippen molar-refractivity contribution in [2.45, 2.75) is 31.5 Å². The molecule has 24 heavy (non-hydrogen) atoms. The summed E-state index contributed by atoms with van der Waals surface area (Å²) >= 11 is 0. The van der Waals surface area contributed by atoms with Crippen molar-refractivity contribution < 1.29 is 14.6 Å². The topological polar surface area (TPSA) is 93.4 Å². The average molecular weight is 331 g/mol. The van der Waals surface area contributed by atoms with Gasteiger partial charge in [-0.3, -0.25) is 4.79 Å². The van der Waals surface area contributed by atoms with E-state index in [0.29, 0.717) is 12.4 Å². The number of tetrazole rings is 1. The van der Waals surface area contributed by atoms with Gasteiger partial charge in [-0.1, -0.05) is 30.3 Å². The second-order valence-electron chi connectivity index (χ2n) is 5.84. The standard InChI is InChI=1S/C16H21N5O3/c1-24-11-15(23)21-13(10-22)7-8-14(21)16-17-18-19-20(16)9-12-5-3-2-4-6-12/h2-6,13-14,22H,7-11H2,1H3/t13-,14-/m0/s1. The second-order valence-corrected chi connectivity index (χ2v) is 5.84. The average Bonchev–Trinajstić information content (AvgIpc) is 3.22. The molecule has 0 radical (unpaired) electrons. The summed E-state index contributed by atoms with van der Waals surface area (Å²) in [6.07, 6.45) is 1.44. The fourth-order valence-corrected chi connectivity index (χ4v) is 3.21. The van der Waals surface area contributed by atoms with E-state index >= 15 is 0 Å². The van der Waals surface area contributed by atoms with Crippen molar-refractivity contribution in [3.63, 3.8) is 0 Å². The summed E-state index contributed by atoms with van der Waals surface area (Å²) < 4.78 is 6.68. The third-order valence-electron chi connectivity index (χ3n) is 4.30. The Labute approximate surface area is 140 Å². The molecule has 1 N–H and O–H groups in total. The molecule has 1 fully saturated rings. The van der Waals surface area contributed by atoms with Gasteiger partial charge in [0.05, 0.1) is 25.2 Å². The Bertz CT molecular complexity index is 675. The van der Waals surface area contributed by atoms with Crippen molar-refractivity contribution in [2.24, 2.45) is 0 Å². The van der Waals surface area contributed by atoms with Crippen molar-refractivity contribution in [1.29, 1.82) is 0 Å². The first-order valence-corrected chi connectivity index (χ1v) is 7.95. The summed E-state index contributed by atoms with van der Waals surface area (Å²) in [5.41, 5.74) is 1.08. The summed E-state index contributed by atoms with van der Waals surface area (Å²) in [5.74, 6) is 0.479. The lowest BCUT2D eigenvalue weighted by molar-refractivity contribution is -0.139. The highest BCUT2D eigenvalue weighted by molar-refractivity contribution is 5.78. The highest BCUT2D eigenvalue weighted by Gasteiger charge is 2.39. The number of rotatable bonds is 6. The van der Waals surface area contributed by atoms with E-state index in [1.54, 1.807) is 9.58 Å². The SMILES string of the molecule is COCC(=O)N1[C@H](CO)CC[C@H]1c1nnnn1Cc1ccccc1. The van der Waals surface area contributed by atoms with Crippen LogP contribution >= 0.6 is 0 Å².